The van der Waals surface area contributed by atoms with Crippen molar-refractivity contribution in [3.8, 4) is 0 Å². The van der Waals surface area contributed by atoms with Crippen LogP contribution < -0.4 is 14.7 Å². The first-order valence-corrected chi connectivity index (χ1v) is 22.5. The minimum Gasteiger partial charge on any atom is -0.353 e. The molecule has 0 atom stereocenters. The van der Waals surface area contributed by atoms with Crippen LogP contribution in [0.15, 0.2) is 57.6 Å². The second-order valence-corrected chi connectivity index (χ2v) is 17.3. The quantitative estimate of drug-likeness (QED) is 0.110. The van der Waals surface area contributed by atoms with Crippen molar-refractivity contribution in [1.29, 1.82) is 0 Å². The number of fused-ring (bicyclic) bond motifs is 2. The Hall–Kier alpha value is -3.50. The molecular weight excluding hydrogens is 824 g/mol. The molecule has 6 rings (SSSR count). The summed E-state index contributed by atoms with van der Waals surface area (Å²) in [6.45, 7) is 29.1. The number of aromatic nitrogens is 5. The van der Waals surface area contributed by atoms with E-state index in [2.05, 4.69) is 183 Å². The highest BCUT2D eigenvalue weighted by molar-refractivity contribution is 9.11. The zero-order chi connectivity index (χ0) is 40.8. The van der Waals surface area contributed by atoms with Gasteiger partial charge < -0.3 is 19.3 Å². The third-order valence-corrected chi connectivity index (χ3v) is 12.8. The predicted molar refractivity (Wildman–Crippen MR) is 246 cm³/mol. The lowest BCUT2D eigenvalue weighted by atomic mass is 10.0. The van der Waals surface area contributed by atoms with Crippen molar-refractivity contribution in [1.82, 2.24) is 24.5 Å². The Morgan fingerprint density at radius 1 is 0.643 bits per heavy atom. The highest BCUT2D eigenvalue weighted by Crippen LogP contribution is 2.38. The monoisotopic (exact) mass is 886 g/mol. The molecule has 1 aliphatic rings. The summed E-state index contributed by atoms with van der Waals surface area (Å²) in [6.07, 6.45) is 7.70. The van der Waals surface area contributed by atoms with Gasteiger partial charge in [0.05, 0.1) is 17.1 Å². The van der Waals surface area contributed by atoms with Crippen molar-refractivity contribution in [3.05, 3.63) is 85.7 Å². The van der Waals surface area contributed by atoms with Crippen molar-refractivity contribution in [2.24, 2.45) is 0 Å². The fourth-order valence-corrected chi connectivity index (χ4v) is 9.17. The summed E-state index contributed by atoms with van der Waals surface area (Å²) in [7, 11) is 0. The Morgan fingerprint density at radius 3 is 1.61 bits per heavy atom. The van der Waals surface area contributed by atoms with Crippen LogP contribution in [0.1, 0.15) is 141 Å². The molecule has 0 saturated carbocycles. The molecule has 0 bridgehead atoms. The standard InChI is InChI=1S/C23H33BrN4.C23H31BrN4/c2*1-7-18(8-2)28-13-12-19-16(6)25-23(26-22(19)28)27(9-3)21-11-10-17(15(4)5)14-20(21)24/h10-11,14-15,18H,7-9,12-13H2,1-6H3;10-15,18H,7-9H2,1-6H3. The van der Waals surface area contributed by atoms with Gasteiger partial charge in [-0.25, -0.2) is 9.97 Å². The van der Waals surface area contributed by atoms with Crippen LogP contribution in [-0.2, 0) is 6.42 Å². The molecule has 0 N–H and O–H groups in total. The van der Waals surface area contributed by atoms with Gasteiger partial charge in [0.15, 0.2) is 0 Å². The van der Waals surface area contributed by atoms with Crippen LogP contribution in [-0.4, -0.2) is 50.2 Å². The molecule has 0 amide bonds. The van der Waals surface area contributed by atoms with Crippen molar-refractivity contribution in [2.75, 3.05) is 34.3 Å². The van der Waals surface area contributed by atoms with E-state index in [9.17, 15) is 0 Å². The van der Waals surface area contributed by atoms with Gasteiger partial charge in [0.2, 0.25) is 11.9 Å². The van der Waals surface area contributed by atoms with E-state index in [0.29, 0.717) is 23.9 Å². The first kappa shape index (κ1) is 43.6. The number of rotatable bonds is 14. The molecule has 1 aliphatic heterocycles. The molecule has 56 heavy (non-hydrogen) atoms. The first-order valence-electron chi connectivity index (χ1n) is 20.9. The van der Waals surface area contributed by atoms with Crippen molar-refractivity contribution < 1.29 is 0 Å². The summed E-state index contributed by atoms with van der Waals surface area (Å²) in [6, 6.07) is 16.4. The number of anilines is 5. The number of hydrogen-bond donors (Lipinski definition) is 0. The number of aryl methyl sites for hydroxylation is 2. The van der Waals surface area contributed by atoms with E-state index in [1.807, 2.05) is 0 Å². The van der Waals surface area contributed by atoms with Gasteiger partial charge in [-0.1, -0.05) is 67.5 Å². The maximum Gasteiger partial charge on any atom is 0.232 e. The molecule has 0 spiro atoms. The van der Waals surface area contributed by atoms with Crippen molar-refractivity contribution in [2.45, 2.75) is 139 Å². The maximum absolute atomic E-state index is 5.08. The van der Waals surface area contributed by atoms with Gasteiger partial charge in [0, 0.05) is 63.5 Å². The predicted octanol–water partition coefficient (Wildman–Crippen LogP) is 13.5. The molecule has 0 radical (unpaired) electrons. The Bertz CT molecular complexity index is 2080. The van der Waals surface area contributed by atoms with Gasteiger partial charge in [-0.05, 0) is 145 Å². The largest absolute Gasteiger partial charge is 0.353 e. The summed E-state index contributed by atoms with van der Waals surface area (Å²) in [5, 5.41) is 1.14. The highest BCUT2D eigenvalue weighted by atomic mass is 79.9. The van der Waals surface area contributed by atoms with E-state index < -0.39 is 0 Å². The van der Waals surface area contributed by atoms with Gasteiger partial charge in [0.25, 0.3) is 0 Å². The van der Waals surface area contributed by atoms with Crippen LogP contribution in [0.25, 0.3) is 11.0 Å². The third-order valence-electron chi connectivity index (χ3n) is 11.5. The van der Waals surface area contributed by atoms with E-state index in [4.69, 9.17) is 19.9 Å². The fraction of sp³-hybridized carbons (Fsp3) is 0.522. The lowest BCUT2D eigenvalue weighted by Gasteiger charge is -2.29. The van der Waals surface area contributed by atoms with Gasteiger partial charge in [0.1, 0.15) is 11.5 Å². The Kier molecular flexibility index (Phi) is 15.0. The average Bonchev–Trinajstić information content (AvgIpc) is 3.80. The maximum atomic E-state index is 5.08. The van der Waals surface area contributed by atoms with Gasteiger partial charge >= 0.3 is 0 Å². The molecular formula is C46H64Br2N8. The van der Waals surface area contributed by atoms with Crippen LogP contribution in [0.2, 0.25) is 0 Å². The third kappa shape index (κ3) is 9.12. The molecule has 5 aromatic rings. The fourth-order valence-electron chi connectivity index (χ4n) is 7.95. The minimum absolute atomic E-state index is 0.465. The number of hydrogen-bond acceptors (Lipinski definition) is 7. The molecule has 0 aliphatic carbocycles. The van der Waals surface area contributed by atoms with Crippen LogP contribution in [0.5, 0.6) is 0 Å². The Balaban J connectivity index is 0.000000214. The molecule has 0 saturated heterocycles. The Morgan fingerprint density at radius 2 is 1.14 bits per heavy atom. The second kappa shape index (κ2) is 19.3. The lowest BCUT2D eigenvalue weighted by molar-refractivity contribution is 0.483. The molecule has 0 unspecified atom stereocenters. The van der Waals surface area contributed by atoms with E-state index in [0.717, 1.165) is 112 Å². The van der Waals surface area contributed by atoms with Crippen molar-refractivity contribution in [3.63, 3.8) is 0 Å². The SMILES string of the molecule is CCC(CC)N1CCc2c(C)nc(N(CC)c3ccc(C(C)C)cc3Br)nc21.CCC(CC)n1ccc2c(C)nc(N(CC)c3ccc(C(C)C)cc3Br)nc21. The van der Waals surface area contributed by atoms with E-state index in [1.54, 1.807) is 0 Å². The summed E-state index contributed by atoms with van der Waals surface area (Å²) < 4.78 is 4.49. The number of benzene rings is 2. The molecule has 10 heteroatoms. The second-order valence-electron chi connectivity index (χ2n) is 15.6. The molecule has 0 fully saturated rings. The van der Waals surface area contributed by atoms with Crippen LogP contribution in [0, 0.1) is 13.8 Å². The zero-order valence-electron chi connectivity index (χ0n) is 35.9. The summed E-state index contributed by atoms with van der Waals surface area (Å²) in [5.74, 6) is 3.71. The van der Waals surface area contributed by atoms with E-state index >= 15 is 0 Å². The van der Waals surface area contributed by atoms with Crippen LogP contribution in [0.4, 0.5) is 29.1 Å². The van der Waals surface area contributed by atoms with Gasteiger partial charge in [-0.2, -0.15) is 9.97 Å². The molecule has 302 valence electrons. The summed E-state index contributed by atoms with van der Waals surface area (Å²) in [4.78, 5) is 26.7. The normalized spacial score (nSPS) is 12.6. The highest BCUT2D eigenvalue weighted by Gasteiger charge is 2.29. The van der Waals surface area contributed by atoms with E-state index in [-0.39, 0.29) is 0 Å². The smallest absolute Gasteiger partial charge is 0.232 e. The van der Waals surface area contributed by atoms with Crippen molar-refractivity contribution >= 4 is 72.0 Å². The lowest BCUT2D eigenvalue weighted by Crippen LogP contribution is -2.33. The van der Waals surface area contributed by atoms with Gasteiger partial charge in [-0.15, -0.1) is 0 Å². The van der Waals surface area contributed by atoms with E-state index in [1.165, 1.54) is 16.7 Å². The number of nitrogens with zero attached hydrogens (tertiary/aromatic N) is 8. The topological polar surface area (TPSA) is 66.2 Å². The average molecular weight is 889 g/mol. The molecule has 3 aromatic heterocycles. The molecule has 4 heterocycles. The molecule has 2 aromatic carbocycles. The minimum atomic E-state index is 0.465. The summed E-state index contributed by atoms with van der Waals surface area (Å²) >= 11 is 7.56. The Labute approximate surface area is 353 Å². The van der Waals surface area contributed by atoms with Crippen LogP contribution in [0.3, 0.4) is 0 Å². The van der Waals surface area contributed by atoms with Gasteiger partial charge in [-0.3, -0.25) is 0 Å². The first-order chi connectivity index (χ1) is 26.8. The van der Waals surface area contributed by atoms with Crippen LogP contribution >= 0.6 is 31.9 Å². The molecule has 8 nitrogen and oxygen atoms in total. The number of halogens is 2. The summed E-state index contributed by atoms with van der Waals surface area (Å²) in [5.41, 5.74) is 9.37. The zero-order valence-corrected chi connectivity index (χ0v) is 39.1.